The molecule has 1 heterocycles. The van der Waals surface area contributed by atoms with Crippen molar-refractivity contribution in [1.82, 2.24) is 0 Å². The van der Waals surface area contributed by atoms with Gasteiger partial charge in [-0.05, 0) is 12.1 Å². The summed E-state index contributed by atoms with van der Waals surface area (Å²) in [7, 11) is 0. The number of rotatable bonds is 0. The predicted molar refractivity (Wildman–Crippen MR) is 48.0 cm³/mol. The summed E-state index contributed by atoms with van der Waals surface area (Å²) in [5.74, 6) is 0. The molecule has 14 heavy (non-hydrogen) atoms. The van der Waals surface area contributed by atoms with E-state index < -0.39 is 12.2 Å². The van der Waals surface area contributed by atoms with Gasteiger partial charge >= 0.3 is 6.18 Å². The Kier molecular flexibility index (Phi) is 1.83. The van der Waals surface area contributed by atoms with Gasteiger partial charge in [0, 0.05) is 23.4 Å². The van der Waals surface area contributed by atoms with Gasteiger partial charge in [0.05, 0.1) is 0 Å². The number of alkyl halides is 3. The van der Waals surface area contributed by atoms with E-state index in [0.717, 1.165) is 0 Å². The lowest BCUT2D eigenvalue weighted by Crippen LogP contribution is -2.34. The van der Waals surface area contributed by atoms with Crippen LogP contribution in [0.2, 0.25) is 0 Å². The molecule has 1 aromatic rings. The van der Waals surface area contributed by atoms with Crippen molar-refractivity contribution in [3.05, 3.63) is 23.8 Å². The van der Waals surface area contributed by atoms with E-state index in [4.69, 9.17) is 5.73 Å². The van der Waals surface area contributed by atoms with Gasteiger partial charge in [-0.25, -0.2) is 0 Å². The molecule has 0 saturated heterocycles. The van der Waals surface area contributed by atoms with E-state index in [1.54, 1.807) is 18.2 Å². The van der Waals surface area contributed by atoms with Crippen LogP contribution < -0.4 is 11.1 Å². The van der Waals surface area contributed by atoms with E-state index in [0.29, 0.717) is 16.9 Å². The van der Waals surface area contributed by atoms with Crippen LogP contribution in [-0.4, -0.2) is 12.2 Å². The molecule has 0 unspecified atom stereocenters. The Bertz CT molecular complexity index is 360. The molecule has 0 aliphatic carbocycles. The fraction of sp³-hybridized carbons (Fsp3) is 0.333. The van der Waals surface area contributed by atoms with Gasteiger partial charge in [0.2, 0.25) is 0 Å². The molecule has 0 bridgehead atoms. The maximum Gasteiger partial charge on any atom is 0.408 e. The topological polar surface area (TPSA) is 38.0 Å². The summed E-state index contributed by atoms with van der Waals surface area (Å²) >= 11 is 0. The van der Waals surface area contributed by atoms with Crippen molar-refractivity contribution in [2.75, 3.05) is 11.1 Å². The number of fused-ring (bicyclic) bond motifs is 1. The average molecular weight is 202 g/mol. The molecule has 0 spiro atoms. The lowest BCUT2D eigenvalue weighted by Gasteiger charge is -2.14. The van der Waals surface area contributed by atoms with Gasteiger partial charge in [-0.2, -0.15) is 13.2 Å². The summed E-state index contributed by atoms with van der Waals surface area (Å²) in [4.78, 5) is 0. The third-order valence-electron chi connectivity index (χ3n) is 2.35. The molecular weight excluding hydrogens is 193 g/mol. The number of nitrogens with one attached hydrogen (secondary N) is 1. The highest BCUT2D eigenvalue weighted by atomic mass is 19.4. The molecule has 5 heteroatoms. The number of nitrogen functional groups attached to an aromatic ring is 1. The van der Waals surface area contributed by atoms with Crippen LogP contribution in [0.5, 0.6) is 0 Å². The molecule has 0 saturated carbocycles. The Morgan fingerprint density at radius 3 is 2.64 bits per heavy atom. The molecular formula is C9H9F3N2. The van der Waals surface area contributed by atoms with Crippen molar-refractivity contribution in [3.8, 4) is 0 Å². The molecule has 0 fully saturated rings. The summed E-state index contributed by atoms with van der Waals surface area (Å²) in [5, 5.41) is 2.41. The van der Waals surface area contributed by atoms with Gasteiger partial charge in [-0.1, -0.05) is 6.07 Å². The summed E-state index contributed by atoms with van der Waals surface area (Å²) < 4.78 is 37.1. The van der Waals surface area contributed by atoms with Crippen molar-refractivity contribution in [1.29, 1.82) is 0 Å². The van der Waals surface area contributed by atoms with Crippen LogP contribution in [0, 0.1) is 0 Å². The molecule has 0 radical (unpaired) electrons. The van der Waals surface area contributed by atoms with Gasteiger partial charge in [-0.3, -0.25) is 0 Å². The number of anilines is 2. The standard InChI is InChI=1S/C9H9F3N2/c10-9(11,12)8-4-5-6(13)2-1-3-7(5)14-8/h1-3,8,14H,4,13H2/t8-/m0/s1. The Morgan fingerprint density at radius 2 is 2.07 bits per heavy atom. The first-order valence-corrected chi connectivity index (χ1v) is 4.19. The molecule has 0 amide bonds. The van der Waals surface area contributed by atoms with Crippen molar-refractivity contribution in [2.24, 2.45) is 0 Å². The monoisotopic (exact) mass is 202 g/mol. The Labute approximate surface area is 78.9 Å². The molecule has 1 aromatic carbocycles. The molecule has 2 nitrogen and oxygen atoms in total. The minimum atomic E-state index is -4.22. The Hall–Kier alpha value is -1.39. The third-order valence-corrected chi connectivity index (χ3v) is 2.35. The number of hydrogen-bond acceptors (Lipinski definition) is 2. The van der Waals surface area contributed by atoms with E-state index in [9.17, 15) is 13.2 Å². The fourth-order valence-corrected chi connectivity index (χ4v) is 1.61. The lowest BCUT2D eigenvalue weighted by atomic mass is 10.1. The zero-order valence-corrected chi connectivity index (χ0v) is 7.23. The van der Waals surface area contributed by atoms with Crippen LogP contribution >= 0.6 is 0 Å². The average Bonchev–Trinajstić information content (AvgIpc) is 2.48. The number of hydrogen-bond donors (Lipinski definition) is 2. The van der Waals surface area contributed by atoms with Crippen LogP contribution in [-0.2, 0) is 6.42 Å². The quantitative estimate of drug-likeness (QED) is 0.633. The summed E-state index contributed by atoms with van der Waals surface area (Å²) in [5.41, 5.74) is 7.05. The van der Waals surface area contributed by atoms with Gasteiger partial charge in [0.15, 0.2) is 0 Å². The van der Waals surface area contributed by atoms with E-state index in [1.165, 1.54) is 0 Å². The fourth-order valence-electron chi connectivity index (χ4n) is 1.61. The second-order valence-corrected chi connectivity index (χ2v) is 3.32. The first-order chi connectivity index (χ1) is 6.48. The minimum Gasteiger partial charge on any atom is -0.398 e. The van der Waals surface area contributed by atoms with E-state index in [2.05, 4.69) is 5.32 Å². The SMILES string of the molecule is Nc1cccc2c1C[C@@H](C(F)(F)F)N2. The van der Waals surface area contributed by atoms with Crippen LogP contribution in [0.1, 0.15) is 5.56 Å². The van der Waals surface area contributed by atoms with Crippen LogP contribution in [0.25, 0.3) is 0 Å². The largest absolute Gasteiger partial charge is 0.408 e. The third kappa shape index (κ3) is 1.38. The second kappa shape index (κ2) is 2.80. The van der Waals surface area contributed by atoms with Crippen LogP contribution in [0.15, 0.2) is 18.2 Å². The summed E-state index contributed by atoms with van der Waals surface area (Å²) in [6.07, 6.45) is -4.29. The molecule has 0 aromatic heterocycles. The zero-order valence-electron chi connectivity index (χ0n) is 7.23. The summed E-state index contributed by atoms with van der Waals surface area (Å²) in [6, 6.07) is 3.36. The van der Waals surface area contributed by atoms with Gasteiger partial charge in [0.25, 0.3) is 0 Å². The molecule has 1 aliphatic heterocycles. The van der Waals surface area contributed by atoms with E-state index in [1.807, 2.05) is 0 Å². The van der Waals surface area contributed by atoms with Crippen LogP contribution in [0.3, 0.4) is 0 Å². The van der Waals surface area contributed by atoms with Crippen molar-refractivity contribution in [3.63, 3.8) is 0 Å². The van der Waals surface area contributed by atoms with Gasteiger partial charge in [0.1, 0.15) is 6.04 Å². The maximum atomic E-state index is 12.4. The highest BCUT2D eigenvalue weighted by Crippen LogP contribution is 2.36. The predicted octanol–water partition coefficient (Wildman–Crippen LogP) is 2.17. The Balaban J connectivity index is 2.31. The smallest absolute Gasteiger partial charge is 0.398 e. The maximum absolute atomic E-state index is 12.4. The minimum absolute atomic E-state index is 0.0779. The first-order valence-electron chi connectivity index (χ1n) is 4.19. The highest BCUT2D eigenvalue weighted by Gasteiger charge is 2.43. The van der Waals surface area contributed by atoms with E-state index in [-0.39, 0.29) is 6.42 Å². The van der Waals surface area contributed by atoms with Crippen molar-refractivity contribution in [2.45, 2.75) is 18.6 Å². The molecule has 76 valence electrons. The Morgan fingerprint density at radius 1 is 1.36 bits per heavy atom. The van der Waals surface area contributed by atoms with E-state index >= 15 is 0 Å². The highest BCUT2D eigenvalue weighted by molar-refractivity contribution is 5.67. The van der Waals surface area contributed by atoms with Crippen molar-refractivity contribution >= 4 is 11.4 Å². The number of nitrogens with two attached hydrogens (primary N) is 1. The summed E-state index contributed by atoms with van der Waals surface area (Å²) in [6.45, 7) is 0. The molecule has 1 aliphatic rings. The number of halogens is 3. The molecule has 1 atom stereocenters. The normalized spacial score (nSPS) is 20.4. The van der Waals surface area contributed by atoms with Gasteiger partial charge in [-0.15, -0.1) is 0 Å². The van der Waals surface area contributed by atoms with Crippen LogP contribution in [0.4, 0.5) is 24.5 Å². The van der Waals surface area contributed by atoms with Crippen molar-refractivity contribution < 1.29 is 13.2 Å². The number of benzene rings is 1. The molecule has 3 N–H and O–H groups in total. The zero-order chi connectivity index (χ0) is 10.3. The first kappa shape index (κ1) is 9.18. The molecule has 2 rings (SSSR count). The lowest BCUT2D eigenvalue weighted by molar-refractivity contribution is -0.140. The second-order valence-electron chi connectivity index (χ2n) is 3.32. The van der Waals surface area contributed by atoms with Gasteiger partial charge < -0.3 is 11.1 Å².